The lowest BCUT2D eigenvalue weighted by Crippen LogP contribution is -2.61. The van der Waals surface area contributed by atoms with Crippen LogP contribution in [-0.4, -0.2) is 72.4 Å². The first-order valence-electron chi connectivity index (χ1n) is 12.4. The van der Waals surface area contributed by atoms with E-state index in [9.17, 15) is 26.4 Å². The van der Waals surface area contributed by atoms with Crippen LogP contribution in [0.15, 0.2) is 29.4 Å². The second kappa shape index (κ2) is 10.6. The highest BCUT2D eigenvalue weighted by molar-refractivity contribution is 7.92. The summed E-state index contributed by atoms with van der Waals surface area (Å²) in [6, 6.07) is 2.28. The number of hydrogen-bond donors (Lipinski definition) is 1. The molecule has 2 saturated heterocycles. The molecule has 1 aromatic carbocycles. The van der Waals surface area contributed by atoms with Gasteiger partial charge in [0.2, 0.25) is 5.88 Å². The fraction of sp³-hybridized carbons (Fsp3) is 0.542. The fourth-order valence-corrected chi connectivity index (χ4v) is 5.89. The van der Waals surface area contributed by atoms with Crippen molar-refractivity contribution in [2.45, 2.75) is 73.7 Å². The SMILES string of the molecule is Cc1c(Nc2ccc(S(=O)(=O)C(F)(F)F)cc2Cl)ncnc1OC1CC2COCC(C1)N2C(=O)OC1CCC1. The van der Waals surface area contributed by atoms with E-state index in [1.54, 1.807) is 11.8 Å². The smallest absolute Gasteiger partial charge is 0.474 e. The van der Waals surface area contributed by atoms with Crippen molar-refractivity contribution >= 4 is 39.0 Å². The van der Waals surface area contributed by atoms with E-state index >= 15 is 0 Å². The van der Waals surface area contributed by atoms with Gasteiger partial charge in [0.05, 0.1) is 46.5 Å². The zero-order chi connectivity index (χ0) is 27.9. The summed E-state index contributed by atoms with van der Waals surface area (Å²) in [5, 5.41) is 2.66. The largest absolute Gasteiger partial charge is 0.501 e. The Labute approximate surface area is 227 Å². The molecule has 3 heterocycles. The molecular weight excluding hydrogens is 565 g/mol. The molecule has 2 atom stereocenters. The molecule has 2 aromatic rings. The number of hydrogen-bond acceptors (Lipinski definition) is 9. The summed E-state index contributed by atoms with van der Waals surface area (Å²) in [6.07, 6.45) is 4.56. The lowest BCUT2D eigenvalue weighted by Gasteiger charge is -2.47. The van der Waals surface area contributed by atoms with Crippen molar-refractivity contribution < 1.29 is 40.6 Å². The number of morpholine rings is 1. The Morgan fingerprint density at radius 3 is 2.44 bits per heavy atom. The molecule has 2 aliphatic heterocycles. The standard InChI is InChI=1S/C24H26ClF3N4O6S/c1-13-21(31-20-6-5-18(9-19(20)25)39(34,35)24(26,27)28)29-12-30-22(13)37-17-7-14-10-36-11-15(8-17)32(14)23(33)38-16-3-2-4-16/h5-6,9,12,14-17H,2-4,7-8,10-11H2,1H3,(H,29,30,31). The molecule has 1 aromatic heterocycles. The number of halogens is 4. The van der Waals surface area contributed by atoms with E-state index in [0.29, 0.717) is 31.6 Å². The first kappa shape index (κ1) is 27.7. The first-order chi connectivity index (χ1) is 18.4. The molecule has 2 unspecified atom stereocenters. The molecule has 3 aliphatic rings. The van der Waals surface area contributed by atoms with E-state index in [-0.39, 0.29) is 52.8 Å². The second-order valence-electron chi connectivity index (χ2n) is 9.77. The average Bonchev–Trinajstić information content (AvgIpc) is 2.83. The van der Waals surface area contributed by atoms with Gasteiger partial charge in [-0.3, -0.25) is 4.90 Å². The van der Waals surface area contributed by atoms with Crippen LogP contribution in [0.1, 0.15) is 37.7 Å². The maximum Gasteiger partial charge on any atom is 0.501 e. The highest BCUT2D eigenvalue weighted by Crippen LogP contribution is 2.36. The number of anilines is 2. The zero-order valence-electron chi connectivity index (χ0n) is 20.8. The van der Waals surface area contributed by atoms with Gasteiger partial charge >= 0.3 is 11.6 Å². The van der Waals surface area contributed by atoms with Crippen LogP contribution in [-0.2, 0) is 19.3 Å². The van der Waals surface area contributed by atoms with Gasteiger partial charge in [0, 0.05) is 12.8 Å². The molecule has 3 fully saturated rings. The normalized spacial score (nSPS) is 23.6. The van der Waals surface area contributed by atoms with Crippen molar-refractivity contribution in [3.63, 3.8) is 0 Å². The summed E-state index contributed by atoms with van der Waals surface area (Å²) in [5.41, 5.74) is -4.79. The van der Waals surface area contributed by atoms with Crippen molar-refractivity contribution in [3.8, 4) is 5.88 Å². The number of piperidine rings is 1. The third-order valence-corrected chi connectivity index (χ3v) is 8.93. The molecule has 39 heavy (non-hydrogen) atoms. The number of sulfone groups is 1. The molecule has 1 aliphatic carbocycles. The summed E-state index contributed by atoms with van der Waals surface area (Å²) in [5.74, 6) is 0.563. The second-order valence-corrected chi connectivity index (χ2v) is 12.1. The summed E-state index contributed by atoms with van der Waals surface area (Å²) >= 11 is 6.10. The van der Waals surface area contributed by atoms with Crippen molar-refractivity contribution in [1.82, 2.24) is 14.9 Å². The molecule has 2 bridgehead atoms. The molecule has 15 heteroatoms. The number of rotatable bonds is 6. The number of ether oxygens (including phenoxy) is 3. The highest BCUT2D eigenvalue weighted by Gasteiger charge is 2.47. The molecule has 10 nitrogen and oxygen atoms in total. The van der Waals surface area contributed by atoms with Gasteiger partial charge in [0.15, 0.2) is 0 Å². The third kappa shape index (κ3) is 5.59. The summed E-state index contributed by atoms with van der Waals surface area (Å²) in [4.78, 5) is 22.0. The fourth-order valence-electron chi connectivity index (χ4n) is 4.81. The topological polar surface area (TPSA) is 120 Å². The van der Waals surface area contributed by atoms with E-state index in [1.807, 2.05) is 0 Å². The first-order valence-corrected chi connectivity index (χ1v) is 14.2. The Kier molecular flexibility index (Phi) is 7.55. The van der Waals surface area contributed by atoms with E-state index in [4.69, 9.17) is 25.8 Å². The Balaban J connectivity index is 1.28. The predicted molar refractivity (Wildman–Crippen MR) is 133 cm³/mol. The van der Waals surface area contributed by atoms with Crippen LogP contribution in [0.5, 0.6) is 5.88 Å². The van der Waals surface area contributed by atoms with Gasteiger partial charge in [0.25, 0.3) is 9.84 Å². The number of aromatic nitrogens is 2. The molecule has 0 radical (unpaired) electrons. The third-order valence-electron chi connectivity index (χ3n) is 7.13. The van der Waals surface area contributed by atoms with Gasteiger partial charge in [-0.25, -0.2) is 23.2 Å². The van der Waals surface area contributed by atoms with Crippen LogP contribution in [0, 0.1) is 6.92 Å². The van der Waals surface area contributed by atoms with E-state index in [0.717, 1.165) is 37.5 Å². The average molecular weight is 591 g/mol. The number of carbonyl (C=O) groups is 1. The summed E-state index contributed by atoms with van der Waals surface area (Å²) < 4.78 is 79.5. The minimum atomic E-state index is -5.54. The van der Waals surface area contributed by atoms with E-state index in [1.165, 1.54) is 6.33 Å². The Morgan fingerprint density at radius 1 is 1.15 bits per heavy atom. The van der Waals surface area contributed by atoms with Gasteiger partial charge in [0.1, 0.15) is 24.4 Å². The minimum Gasteiger partial charge on any atom is -0.474 e. The zero-order valence-corrected chi connectivity index (χ0v) is 22.4. The number of alkyl halides is 3. The molecule has 212 valence electrons. The Hall–Kier alpha value is -2.84. The number of amides is 1. The number of carbonyl (C=O) groups excluding carboxylic acids is 1. The van der Waals surface area contributed by atoms with Gasteiger partial charge in [-0.05, 0) is 44.4 Å². The molecule has 5 rings (SSSR count). The van der Waals surface area contributed by atoms with Crippen LogP contribution < -0.4 is 10.1 Å². The quantitative estimate of drug-likeness (QED) is 0.507. The summed E-state index contributed by atoms with van der Waals surface area (Å²) in [7, 11) is -5.54. The number of fused-ring (bicyclic) bond motifs is 2. The molecule has 1 saturated carbocycles. The van der Waals surface area contributed by atoms with Gasteiger partial charge in [-0.1, -0.05) is 11.6 Å². The maximum atomic E-state index is 12.9. The maximum absolute atomic E-state index is 12.9. The van der Waals surface area contributed by atoms with Crippen LogP contribution >= 0.6 is 11.6 Å². The number of nitrogens with zero attached hydrogens (tertiary/aromatic N) is 3. The summed E-state index contributed by atoms with van der Waals surface area (Å²) in [6.45, 7) is 2.46. The van der Waals surface area contributed by atoms with Gasteiger partial charge in [-0.15, -0.1) is 0 Å². The molecule has 0 spiro atoms. The monoisotopic (exact) mass is 590 g/mol. The van der Waals surface area contributed by atoms with Crippen LogP contribution in [0.3, 0.4) is 0 Å². The molecule has 1 N–H and O–H groups in total. The van der Waals surface area contributed by atoms with E-state index in [2.05, 4.69) is 15.3 Å². The van der Waals surface area contributed by atoms with Crippen molar-refractivity contribution in [1.29, 1.82) is 0 Å². The van der Waals surface area contributed by atoms with Crippen molar-refractivity contribution in [2.75, 3.05) is 18.5 Å². The Bertz CT molecular complexity index is 1340. The number of benzene rings is 1. The number of nitrogens with one attached hydrogen (secondary N) is 1. The lowest BCUT2D eigenvalue weighted by atomic mass is 9.92. The van der Waals surface area contributed by atoms with Crippen molar-refractivity contribution in [3.05, 3.63) is 35.1 Å². The van der Waals surface area contributed by atoms with Crippen LogP contribution in [0.25, 0.3) is 0 Å². The Morgan fingerprint density at radius 2 is 1.85 bits per heavy atom. The van der Waals surface area contributed by atoms with Crippen LogP contribution in [0.4, 0.5) is 29.5 Å². The van der Waals surface area contributed by atoms with Gasteiger partial charge in [-0.2, -0.15) is 13.2 Å². The minimum absolute atomic E-state index is 0.0125. The highest BCUT2D eigenvalue weighted by atomic mass is 35.5. The molecular formula is C24H26ClF3N4O6S. The van der Waals surface area contributed by atoms with Gasteiger partial charge < -0.3 is 19.5 Å². The van der Waals surface area contributed by atoms with Crippen LogP contribution in [0.2, 0.25) is 5.02 Å². The predicted octanol–water partition coefficient (Wildman–Crippen LogP) is 4.78. The van der Waals surface area contributed by atoms with E-state index < -0.39 is 20.2 Å². The lowest BCUT2D eigenvalue weighted by molar-refractivity contribution is -0.0984. The molecule has 1 amide bonds. The van der Waals surface area contributed by atoms with Crippen molar-refractivity contribution in [2.24, 2.45) is 0 Å².